The number of hydrogen-bond donors (Lipinski definition) is 1. The number of nitrogen functional groups attached to an aromatic ring is 1. The molecule has 1 fully saturated rings. The summed E-state index contributed by atoms with van der Waals surface area (Å²) in [6, 6.07) is 17.7. The van der Waals surface area contributed by atoms with Gasteiger partial charge in [0.15, 0.2) is 5.82 Å². The van der Waals surface area contributed by atoms with Gasteiger partial charge >= 0.3 is 0 Å². The van der Waals surface area contributed by atoms with Gasteiger partial charge < -0.3 is 10.5 Å². The standard InChI is InChI=1S/C26H25ClN4O/c27-21-16-20(15-19-11-6-13-29-22(19)21)24-23(18-9-2-1-3-10-18)30-25(28)26(31-24)32-14-12-17-7-4-5-8-17/h1-3,6,9-11,13,15-17H,4-5,7-8,12,14H2,(H2,28,30). The van der Waals surface area contributed by atoms with Crippen LogP contribution in [0.3, 0.4) is 0 Å². The van der Waals surface area contributed by atoms with E-state index in [4.69, 9.17) is 32.0 Å². The molecule has 162 valence electrons. The molecule has 32 heavy (non-hydrogen) atoms. The third-order valence-electron chi connectivity index (χ3n) is 6.11. The van der Waals surface area contributed by atoms with E-state index in [0.29, 0.717) is 34.7 Å². The predicted octanol–water partition coefficient (Wildman–Crippen LogP) is 6.55. The zero-order valence-corrected chi connectivity index (χ0v) is 18.6. The molecule has 5 nitrogen and oxygen atoms in total. The molecule has 0 radical (unpaired) electrons. The van der Waals surface area contributed by atoms with E-state index in [1.807, 2.05) is 54.6 Å². The molecule has 0 saturated heterocycles. The highest BCUT2D eigenvalue weighted by Gasteiger charge is 2.19. The molecule has 5 rings (SSSR count). The molecule has 2 heterocycles. The number of benzene rings is 2. The quantitative estimate of drug-likeness (QED) is 0.364. The first-order valence-electron chi connectivity index (χ1n) is 11.1. The second-order valence-electron chi connectivity index (χ2n) is 8.30. The van der Waals surface area contributed by atoms with E-state index in [1.165, 1.54) is 25.7 Å². The maximum atomic E-state index is 6.57. The third-order valence-corrected chi connectivity index (χ3v) is 6.40. The molecule has 2 aromatic heterocycles. The van der Waals surface area contributed by atoms with E-state index in [0.717, 1.165) is 34.4 Å². The lowest BCUT2D eigenvalue weighted by Gasteiger charge is -2.15. The number of halogens is 1. The van der Waals surface area contributed by atoms with E-state index < -0.39 is 0 Å². The summed E-state index contributed by atoms with van der Waals surface area (Å²) < 4.78 is 6.03. The zero-order chi connectivity index (χ0) is 21.9. The molecule has 0 bridgehead atoms. The summed E-state index contributed by atoms with van der Waals surface area (Å²) in [5, 5.41) is 1.51. The summed E-state index contributed by atoms with van der Waals surface area (Å²) in [6.07, 6.45) is 7.96. The number of aromatic nitrogens is 3. The van der Waals surface area contributed by atoms with Gasteiger partial charge in [-0.25, -0.2) is 9.97 Å². The van der Waals surface area contributed by atoms with Crippen LogP contribution in [-0.2, 0) is 0 Å². The summed E-state index contributed by atoms with van der Waals surface area (Å²) in [7, 11) is 0. The Balaban J connectivity index is 1.57. The summed E-state index contributed by atoms with van der Waals surface area (Å²) in [5.41, 5.74) is 10.2. The van der Waals surface area contributed by atoms with Crippen molar-refractivity contribution < 1.29 is 4.74 Å². The van der Waals surface area contributed by atoms with Crippen LogP contribution in [0.5, 0.6) is 5.88 Å². The fraction of sp³-hybridized carbons (Fsp3) is 0.269. The van der Waals surface area contributed by atoms with E-state index in [1.54, 1.807) is 6.20 Å². The first-order chi connectivity index (χ1) is 15.7. The van der Waals surface area contributed by atoms with Gasteiger partial charge in [-0.2, -0.15) is 0 Å². The van der Waals surface area contributed by atoms with Gasteiger partial charge in [-0.15, -0.1) is 0 Å². The first-order valence-corrected chi connectivity index (χ1v) is 11.5. The van der Waals surface area contributed by atoms with Crippen LogP contribution in [0.1, 0.15) is 32.1 Å². The van der Waals surface area contributed by atoms with Gasteiger partial charge in [0, 0.05) is 22.7 Å². The van der Waals surface area contributed by atoms with Gasteiger partial charge in [-0.3, -0.25) is 4.98 Å². The van der Waals surface area contributed by atoms with Crippen molar-refractivity contribution in [3.05, 3.63) is 65.8 Å². The Bertz CT molecular complexity index is 1240. The molecule has 0 aliphatic heterocycles. The zero-order valence-electron chi connectivity index (χ0n) is 17.8. The van der Waals surface area contributed by atoms with Crippen LogP contribution in [0.4, 0.5) is 5.82 Å². The topological polar surface area (TPSA) is 73.9 Å². The molecule has 2 aromatic carbocycles. The second kappa shape index (κ2) is 9.13. The van der Waals surface area contributed by atoms with Crippen LogP contribution >= 0.6 is 11.6 Å². The number of anilines is 1. The molecular weight excluding hydrogens is 420 g/mol. The van der Waals surface area contributed by atoms with Crippen molar-refractivity contribution in [2.75, 3.05) is 12.3 Å². The molecule has 1 aliphatic carbocycles. The molecule has 2 N–H and O–H groups in total. The van der Waals surface area contributed by atoms with Gasteiger partial charge in [-0.05, 0) is 30.5 Å². The highest BCUT2D eigenvalue weighted by Crippen LogP contribution is 2.36. The SMILES string of the molecule is Nc1nc(-c2ccccc2)c(-c2cc(Cl)c3ncccc3c2)nc1OCCC1CCCC1. The minimum absolute atomic E-state index is 0.299. The minimum atomic E-state index is 0.299. The molecule has 6 heteroatoms. The van der Waals surface area contributed by atoms with Gasteiger partial charge in [-0.1, -0.05) is 73.7 Å². The van der Waals surface area contributed by atoms with Gasteiger partial charge in [0.25, 0.3) is 5.88 Å². The number of nitrogens with zero attached hydrogens (tertiary/aromatic N) is 3. The number of hydrogen-bond acceptors (Lipinski definition) is 5. The molecule has 1 aliphatic rings. The van der Waals surface area contributed by atoms with Crippen molar-refractivity contribution in [3.63, 3.8) is 0 Å². The Labute approximate surface area is 192 Å². The maximum Gasteiger partial charge on any atom is 0.257 e. The Morgan fingerprint density at radius 2 is 1.72 bits per heavy atom. The lowest BCUT2D eigenvalue weighted by Crippen LogP contribution is -2.09. The van der Waals surface area contributed by atoms with Crippen LogP contribution < -0.4 is 10.5 Å². The summed E-state index contributed by atoms with van der Waals surface area (Å²) >= 11 is 6.57. The average molecular weight is 445 g/mol. The average Bonchev–Trinajstić information content (AvgIpc) is 3.34. The molecule has 0 unspecified atom stereocenters. The molecule has 0 amide bonds. The monoisotopic (exact) mass is 444 g/mol. The van der Waals surface area contributed by atoms with Gasteiger partial charge in [0.05, 0.1) is 22.8 Å². The lowest BCUT2D eigenvalue weighted by molar-refractivity contribution is 0.271. The number of rotatable bonds is 6. The molecule has 1 saturated carbocycles. The number of fused-ring (bicyclic) bond motifs is 1. The normalized spacial score (nSPS) is 14.2. The Morgan fingerprint density at radius 1 is 0.938 bits per heavy atom. The van der Waals surface area contributed by atoms with E-state index in [-0.39, 0.29) is 0 Å². The van der Waals surface area contributed by atoms with Crippen molar-refractivity contribution >= 4 is 28.3 Å². The van der Waals surface area contributed by atoms with Crippen LogP contribution in [0.25, 0.3) is 33.4 Å². The van der Waals surface area contributed by atoms with E-state index in [9.17, 15) is 0 Å². The largest absolute Gasteiger partial charge is 0.475 e. The van der Waals surface area contributed by atoms with Crippen LogP contribution in [-0.4, -0.2) is 21.6 Å². The second-order valence-corrected chi connectivity index (χ2v) is 8.71. The van der Waals surface area contributed by atoms with Crippen molar-refractivity contribution in [3.8, 4) is 28.4 Å². The predicted molar refractivity (Wildman–Crippen MR) is 130 cm³/mol. The summed E-state index contributed by atoms with van der Waals surface area (Å²) in [6.45, 7) is 0.593. The Kier molecular flexibility index (Phi) is 5.91. The number of ether oxygens (including phenoxy) is 1. The van der Waals surface area contributed by atoms with Crippen LogP contribution in [0.2, 0.25) is 5.02 Å². The van der Waals surface area contributed by atoms with Crippen molar-refractivity contribution in [2.45, 2.75) is 32.1 Å². The summed E-state index contributed by atoms with van der Waals surface area (Å²) in [4.78, 5) is 13.9. The van der Waals surface area contributed by atoms with Crippen molar-refractivity contribution in [1.29, 1.82) is 0 Å². The Hall–Kier alpha value is -3.18. The number of nitrogens with two attached hydrogens (primary N) is 1. The molecule has 0 atom stereocenters. The highest BCUT2D eigenvalue weighted by molar-refractivity contribution is 6.35. The molecular formula is C26H25ClN4O. The summed E-state index contributed by atoms with van der Waals surface area (Å²) in [5.74, 6) is 1.41. The van der Waals surface area contributed by atoms with Crippen molar-refractivity contribution in [1.82, 2.24) is 15.0 Å². The Morgan fingerprint density at radius 3 is 2.53 bits per heavy atom. The smallest absolute Gasteiger partial charge is 0.257 e. The van der Waals surface area contributed by atoms with E-state index in [2.05, 4.69) is 4.98 Å². The van der Waals surface area contributed by atoms with Crippen LogP contribution in [0, 0.1) is 5.92 Å². The maximum absolute atomic E-state index is 6.57. The third kappa shape index (κ3) is 4.26. The van der Waals surface area contributed by atoms with Crippen molar-refractivity contribution in [2.24, 2.45) is 5.92 Å². The molecule has 0 spiro atoms. The van der Waals surface area contributed by atoms with Gasteiger partial charge in [0.1, 0.15) is 5.69 Å². The fourth-order valence-corrected chi connectivity index (χ4v) is 4.72. The molecule has 4 aromatic rings. The first kappa shape index (κ1) is 20.7. The van der Waals surface area contributed by atoms with Gasteiger partial charge in [0.2, 0.25) is 0 Å². The van der Waals surface area contributed by atoms with E-state index >= 15 is 0 Å². The fourth-order valence-electron chi connectivity index (χ4n) is 4.44. The minimum Gasteiger partial charge on any atom is -0.475 e. The highest BCUT2D eigenvalue weighted by atomic mass is 35.5. The number of pyridine rings is 1. The lowest BCUT2D eigenvalue weighted by atomic mass is 10.0. The van der Waals surface area contributed by atoms with Crippen LogP contribution in [0.15, 0.2) is 60.8 Å².